The van der Waals surface area contributed by atoms with Crippen LogP contribution in [-0.4, -0.2) is 17.8 Å². The third kappa shape index (κ3) is 4.65. The van der Waals surface area contributed by atoms with Crippen LogP contribution in [0, 0.1) is 6.92 Å². The highest BCUT2D eigenvalue weighted by molar-refractivity contribution is 9.10. The van der Waals surface area contributed by atoms with Crippen LogP contribution in [0.15, 0.2) is 95.0 Å². The van der Waals surface area contributed by atoms with Crippen molar-refractivity contribution in [2.75, 3.05) is 4.90 Å². The van der Waals surface area contributed by atoms with Gasteiger partial charge in [-0.15, -0.1) is 0 Å². The Balaban J connectivity index is 1.36. The van der Waals surface area contributed by atoms with E-state index in [2.05, 4.69) is 45.5 Å². The number of anilines is 1. The van der Waals surface area contributed by atoms with Crippen molar-refractivity contribution in [1.29, 1.82) is 0 Å². The van der Waals surface area contributed by atoms with E-state index in [0.717, 1.165) is 21.4 Å². The Bertz CT molecular complexity index is 1560. The van der Waals surface area contributed by atoms with Crippen molar-refractivity contribution in [2.24, 2.45) is 0 Å². The highest BCUT2D eigenvalue weighted by Crippen LogP contribution is 2.30. The van der Waals surface area contributed by atoms with Crippen LogP contribution in [0.5, 0.6) is 5.75 Å². The van der Waals surface area contributed by atoms with Crippen LogP contribution in [0.2, 0.25) is 0 Å². The Hall–Kier alpha value is -4.23. The molecule has 0 saturated carbocycles. The van der Waals surface area contributed by atoms with Gasteiger partial charge in [-0.05, 0) is 80.7 Å². The summed E-state index contributed by atoms with van der Waals surface area (Å²) in [4.78, 5) is 39.1. The van der Waals surface area contributed by atoms with Crippen molar-refractivity contribution >= 4 is 56.3 Å². The number of para-hydroxylation sites is 1. The van der Waals surface area contributed by atoms with Gasteiger partial charge in [-0.25, -0.2) is 9.69 Å². The van der Waals surface area contributed by atoms with Gasteiger partial charge in [-0.1, -0.05) is 60.7 Å². The molecule has 4 aromatic rings. The van der Waals surface area contributed by atoms with E-state index in [1.54, 1.807) is 43.3 Å². The van der Waals surface area contributed by atoms with Gasteiger partial charge in [0.25, 0.3) is 11.8 Å². The number of carbonyl (C=O) groups is 3. The molecular formula is C29H21BrN2O4. The summed E-state index contributed by atoms with van der Waals surface area (Å²) in [6.07, 6.45) is 1.47. The molecule has 0 spiro atoms. The Kier molecular flexibility index (Phi) is 6.40. The van der Waals surface area contributed by atoms with Gasteiger partial charge in [-0.2, -0.15) is 0 Å². The minimum absolute atomic E-state index is 0.130. The first-order valence-electron chi connectivity index (χ1n) is 11.3. The number of nitrogens with one attached hydrogen (secondary N) is 1. The molecule has 5 rings (SSSR count). The second kappa shape index (κ2) is 9.79. The highest BCUT2D eigenvalue weighted by Gasteiger charge is 2.37. The summed E-state index contributed by atoms with van der Waals surface area (Å²) < 4.78 is 6.67. The van der Waals surface area contributed by atoms with Crippen molar-refractivity contribution in [3.8, 4) is 5.75 Å². The zero-order valence-corrected chi connectivity index (χ0v) is 20.9. The predicted octanol–water partition coefficient (Wildman–Crippen LogP) is 6.16. The number of urea groups is 1. The number of rotatable bonds is 5. The lowest BCUT2D eigenvalue weighted by Gasteiger charge is -2.27. The third-order valence-corrected chi connectivity index (χ3v) is 6.55. The first-order chi connectivity index (χ1) is 17.4. The van der Waals surface area contributed by atoms with Gasteiger partial charge in [0, 0.05) is 0 Å². The first-order valence-corrected chi connectivity index (χ1v) is 12.1. The Morgan fingerprint density at radius 1 is 0.889 bits per heavy atom. The van der Waals surface area contributed by atoms with Crippen molar-refractivity contribution in [3.63, 3.8) is 0 Å². The lowest BCUT2D eigenvalue weighted by molar-refractivity contribution is -0.122. The predicted molar refractivity (Wildman–Crippen MR) is 143 cm³/mol. The van der Waals surface area contributed by atoms with Crippen LogP contribution in [0.4, 0.5) is 10.5 Å². The van der Waals surface area contributed by atoms with Crippen molar-refractivity contribution in [2.45, 2.75) is 13.5 Å². The fraction of sp³-hybridized carbons (Fsp3) is 0.0690. The summed E-state index contributed by atoms with van der Waals surface area (Å²) in [5, 5.41) is 4.57. The molecule has 0 radical (unpaired) electrons. The Labute approximate surface area is 216 Å². The third-order valence-electron chi connectivity index (χ3n) is 5.93. The zero-order valence-electron chi connectivity index (χ0n) is 19.3. The van der Waals surface area contributed by atoms with E-state index in [-0.39, 0.29) is 5.57 Å². The van der Waals surface area contributed by atoms with Crippen LogP contribution in [0.1, 0.15) is 16.7 Å². The summed E-state index contributed by atoms with van der Waals surface area (Å²) in [6.45, 7) is 2.18. The number of nitrogens with zero attached hydrogens (tertiary/aromatic N) is 1. The lowest BCUT2D eigenvalue weighted by Crippen LogP contribution is -2.54. The molecule has 7 heteroatoms. The second-order valence-corrected chi connectivity index (χ2v) is 9.26. The van der Waals surface area contributed by atoms with Gasteiger partial charge < -0.3 is 4.74 Å². The highest BCUT2D eigenvalue weighted by atomic mass is 79.9. The normalized spacial score (nSPS) is 14.9. The number of hydrogen-bond donors (Lipinski definition) is 1. The molecule has 6 nitrogen and oxygen atoms in total. The average molecular weight is 541 g/mol. The molecule has 0 unspecified atom stereocenters. The van der Waals surface area contributed by atoms with Crippen molar-refractivity contribution in [3.05, 3.63) is 112 Å². The first kappa shape index (κ1) is 23.5. The molecule has 178 valence electrons. The van der Waals surface area contributed by atoms with Gasteiger partial charge in [-0.3, -0.25) is 14.9 Å². The maximum atomic E-state index is 13.1. The van der Waals surface area contributed by atoms with Crippen LogP contribution in [-0.2, 0) is 16.2 Å². The van der Waals surface area contributed by atoms with Gasteiger partial charge in [0.1, 0.15) is 17.9 Å². The largest absolute Gasteiger partial charge is 0.488 e. The minimum atomic E-state index is -0.768. The summed E-state index contributed by atoms with van der Waals surface area (Å²) in [5.74, 6) is -0.783. The standard InChI is InChI=1S/C29H21BrN2O4/c1-18-6-2-5-9-25(18)32-28(34)23(27(33)31-29(32)35)15-19-11-13-26(24(30)16-19)36-17-20-10-12-21-7-3-4-8-22(21)14-20/h2-16H,17H2,1H3,(H,31,33,35)/b23-15+. The maximum absolute atomic E-state index is 13.1. The molecular weight excluding hydrogens is 520 g/mol. The van der Waals surface area contributed by atoms with E-state index in [9.17, 15) is 14.4 Å². The van der Waals surface area contributed by atoms with Gasteiger partial charge >= 0.3 is 6.03 Å². The summed E-state index contributed by atoms with van der Waals surface area (Å²) in [5.41, 5.74) is 2.69. The fourth-order valence-electron chi connectivity index (χ4n) is 4.07. The van der Waals surface area contributed by atoms with E-state index in [1.807, 2.05) is 24.3 Å². The van der Waals surface area contributed by atoms with Crippen LogP contribution in [0.25, 0.3) is 16.8 Å². The molecule has 4 amide bonds. The van der Waals surface area contributed by atoms with Gasteiger partial charge in [0.2, 0.25) is 0 Å². The summed E-state index contributed by atoms with van der Waals surface area (Å²) >= 11 is 3.52. The molecule has 1 N–H and O–H groups in total. The minimum Gasteiger partial charge on any atom is -0.488 e. The van der Waals surface area contributed by atoms with E-state index >= 15 is 0 Å². The Morgan fingerprint density at radius 2 is 1.64 bits per heavy atom. The number of hydrogen-bond acceptors (Lipinski definition) is 4. The number of benzene rings is 4. The number of imide groups is 2. The monoisotopic (exact) mass is 540 g/mol. The molecule has 1 heterocycles. The number of amides is 4. The number of aryl methyl sites for hydroxylation is 1. The molecule has 36 heavy (non-hydrogen) atoms. The number of carbonyl (C=O) groups excluding carboxylic acids is 3. The molecule has 1 fully saturated rings. The van der Waals surface area contributed by atoms with Crippen LogP contribution in [0.3, 0.4) is 0 Å². The SMILES string of the molecule is Cc1ccccc1N1C(=O)NC(=O)/C(=C\c2ccc(OCc3ccc4ccccc4c3)c(Br)c2)C1=O. The molecule has 0 aromatic heterocycles. The molecule has 0 aliphatic carbocycles. The lowest BCUT2D eigenvalue weighted by atomic mass is 10.1. The second-order valence-electron chi connectivity index (χ2n) is 8.40. The van der Waals surface area contributed by atoms with E-state index in [1.165, 1.54) is 11.5 Å². The topological polar surface area (TPSA) is 75.7 Å². The fourth-order valence-corrected chi connectivity index (χ4v) is 4.58. The molecule has 0 atom stereocenters. The summed E-state index contributed by atoms with van der Waals surface area (Å²) in [7, 11) is 0. The van der Waals surface area contributed by atoms with E-state index in [0.29, 0.717) is 28.1 Å². The molecule has 1 saturated heterocycles. The maximum Gasteiger partial charge on any atom is 0.335 e. The van der Waals surface area contributed by atoms with Crippen LogP contribution >= 0.6 is 15.9 Å². The van der Waals surface area contributed by atoms with E-state index < -0.39 is 17.8 Å². The zero-order chi connectivity index (χ0) is 25.2. The quantitative estimate of drug-likeness (QED) is 0.243. The van der Waals surface area contributed by atoms with Gasteiger partial charge in [0.05, 0.1) is 10.2 Å². The van der Waals surface area contributed by atoms with Crippen molar-refractivity contribution < 1.29 is 19.1 Å². The smallest absolute Gasteiger partial charge is 0.335 e. The number of ether oxygens (including phenoxy) is 1. The van der Waals surface area contributed by atoms with E-state index in [4.69, 9.17) is 4.74 Å². The molecule has 4 aromatic carbocycles. The molecule has 1 aliphatic rings. The van der Waals surface area contributed by atoms with Gasteiger partial charge in [0.15, 0.2) is 0 Å². The molecule has 1 aliphatic heterocycles. The number of fused-ring (bicyclic) bond motifs is 1. The Morgan fingerprint density at radius 3 is 2.42 bits per heavy atom. The van der Waals surface area contributed by atoms with Crippen molar-refractivity contribution in [1.82, 2.24) is 5.32 Å². The number of halogens is 1. The number of barbiturate groups is 1. The van der Waals surface area contributed by atoms with Crippen LogP contribution < -0.4 is 15.0 Å². The molecule has 0 bridgehead atoms. The average Bonchev–Trinajstić information content (AvgIpc) is 2.87. The summed E-state index contributed by atoms with van der Waals surface area (Å²) in [6, 6.07) is 25.9.